The summed E-state index contributed by atoms with van der Waals surface area (Å²) in [5.74, 6) is 1.42. The van der Waals surface area contributed by atoms with Gasteiger partial charge in [-0.15, -0.1) is 0 Å². The third kappa shape index (κ3) is 1.68. The smallest absolute Gasteiger partial charge is 0.307 e. The van der Waals surface area contributed by atoms with E-state index in [0.717, 1.165) is 18.8 Å². The van der Waals surface area contributed by atoms with Gasteiger partial charge in [-0.3, -0.25) is 4.79 Å². The van der Waals surface area contributed by atoms with E-state index in [-0.39, 0.29) is 11.3 Å². The van der Waals surface area contributed by atoms with Crippen LogP contribution >= 0.6 is 0 Å². The fourth-order valence-corrected chi connectivity index (χ4v) is 3.94. The molecule has 0 bridgehead atoms. The fourth-order valence-electron chi connectivity index (χ4n) is 3.94. The Morgan fingerprint density at radius 2 is 2.00 bits per heavy atom. The number of hydrogen-bond acceptors (Lipinski definition) is 1. The number of rotatable bonds is 2. The van der Waals surface area contributed by atoms with E-state index in [4.69, 9.17) is 5.11 Å². The van der Waals surface area contributed by atoms with Crippen molar-refractivity contribution in [2.45, 2.75) is 46.5 Å². The number of carboxylic acids is 1. The molecule has 2 saturated carbocycles. The number of carboxylic acid groups (broad SMARTS) is 1. The summed E-state index contributed by atoms with van der Waals surface area (Å²) in [5, 5.41) is 9.16. The lowest BCUT2D eigenvalue weighted by molar-refractivity contribution is -0.140. The van der Waals surface area contributed by atoms with Gasteiger partial charge in [0.15, 0.2) is 0 Å². The predicted molar refractivity (Wildman–Crippen MR) is 59.5 cm³/mol. The van der Waals surface area contributed by atoms with E-state index in [0.29, 0.717) is 11.8 Å². The Morgan fingerprint density at radius 1 is 1.33 bits per heavy atom. The van der Waals surface area contributed by atoms with E-state index in [1.807, 2.05) is 0 Å². The Bertz CT molecular complexity index is 272. The van der Waals surface area contributed by atoms with Crippen molar-refractivity contribution in [3.8, 4) is 0 Å². The van der Waals surface area contributed by atoms with Crippen LogP contribution in [0.4, 0.5) is 0 Å². The van der Waals surface area contributed by atoms with Crippen molar-refractivity contribution in [2.24, 2.45) is 29.1 Å². The van der Waals surface area contributed by atoms with Crippen LogP contribution in [0, 0.1) is 29.1 Å². The van der Waals surface area contributed by atoms with Crippen molar-refractivity contribution >= 4 is 5.97 Å². The predicted octanol–water partition coefficient (Wildman–Crippen LogP) is 3.17. The lowest BCUT2D eigenvalue weighted by Crippen LogP contribution is -2.31. The number of aliphatic carboxylic acids is 1. The Morgan fingerprint density at radius 3 is 2.47 bits per heavy atom. The van der Waals surface area contributed by atoms with Crippen LogP contribution in [0.5, 0.6) is 0 Å². The molecule has 1 N–H and O–H groups in total. The molecule has 1 spiro atoms. The summed E-state index contributed by atoms with van der Waals surface area (Å²) >= 11 is 0. The molecule has 0 saturated heterocycles. The quantitative estimate of drug-likeness (QED) is 0.760. The Balaban J connectivity index is 2.16. The summed E-state index contributed by atoms with van der Waals surface area (Å²) in [7, 11) is 0. The van der Waals surface area contributed by atoms with E-state index in [1.54, 1.807) is 0 Å². The van der Waals surface area contributed by atoms with Gasteiger partial charge in [0.1, 0.15) is 0 Å². The highest BCUT2D eigenvalue weighted by Gasteiger charge is 2.63. The molecule has 2 heteroatoms. The van der Waals surface area contributed by atoms with Gasteiger partial charge < -0.3 is 5.11 Å². The van der Waals surface area contributed by atoms with Gasteiger partial charge in [-0.2, -0.15) is 0 Å². The van der Waals surface area contributed by atoms with Gasteiger partial charge in [0.05, 0.1) is 5.92 Å². The molecule has 2 aliphatic rings. The maximum absolute atomic E-state index is 11.1. The van der Waals surface area contributed by atoms with Crippen LogP contribution in [-0.4, -0.2) is 11.1 Å². The van der Waals surface area contributed by atoms with E-state index in [2.05, 4.69) is 20.8 Å². The maximum Gasteiger partial charge on any atom is 0.307 e. The second kappa shape index (κ2) is 3.50. The molecule has 0 aliphatic heterocycles. The van der Waals surface area contributed by atoms with Crippen LogP contribution in [0.25, 0.3) is 0 Å². The molecule has 0 amide bonds. The van der Waals surface area contributed by atoms with Gasteiger partial charge in [-0.05, 0) is 42.4 Å². The van der Waals surface area contributed by atoms with Gasteiger partial charge in [0.25, 0.3) is 0 Å². The zero-order chi connectivity index (χ0) is 11.2. The molecule has 2 fully saturated rings. The maximum atomic E-state index is 11.1. The standard InChI is InChI=1S/C13H22O2/c1-8(2)10-5-4-9(3)6-13(10)7-11(13)12(14)15/h8-11H,4-7H2,1-3H3,(H,14,15)/t9?,10-,11?,13+/m0/s1. The zero-order valence-corrected chi connectivity index (χ0v) is 9.99. The van der Waals surface area contributed by atoms with Gasteiger partial charge in [0.2, 0.25) is 0 Å². The first kappa shape index (κ1) is 11.0. The minimum atomic E-state index is -0.560. The van der Waals surface area contributed by atoms with Crippen molar-refractivity contribution in [3.63, 3.8) is 0 Å². The van der Waals surface area contributed by atoms with Crippen LogP contribution in [0.2, 0.25) is 0 Å². The zero-order valence-electron chi connectivity index (χ0n) is 9.99. The first-order valence-corrected chi connectivity index (χ1v) is 6.20. The van der Waals surface area contributed by atoms with Crippen LogP contribution in [-0.2, 0) is 4.79 Å². The first-order valence-electron chi connectivity index (χ1n) is 6.20. The van der Waals surface area contributed by atoms with E-state index in [9.17, 15) is 4.79 Å². The van der Waals surface area contributed by atoms with Gasteiger partial charge in [-0.25, -0.2) is 0 Å². The minimum absolute atomic E-state index is 0.0346. The topological polar surface area (TPSA) is 37.3 Å². The first-order chi connectivity index (χ1) is 6.97. The molecule has 86 valence electrons. The second-order valence-corrected chi connectivity index (χ2v) is 6.07. The molecule has 2 aliphatic carbocycles. The molecule has 0 aromatic rings. The summed E-state index contributed by atoms with van der Waals surface area (Å²) in [6.07, 6.45) is 4.61. The lowest BCUT2D eigenvalue weighted by atomic mass is 9.66. The van der Waals surface area contributed by atoms with Crippen molar-refractivity contribution in [3.05, 3.63) is 0 Å². The number of hydrogen-bond donors (Lipinski definition) is 1. The molecular weight excluding hydrogens is 188 g/mol. The summed E-state index contributed by atoms with van der Waals surface area (Å²) < 4.78 is 0. The van der Waals surface area contributed by atoms with Crippen LogP contribution in [0.1, 0.15) is 46.5 Å². The average Bonchev–Trinajstić information content (AvgIpc) is 2.79. The molecular formula is C13H22O2. The van der Waals surface area contributed by atoms with Gasteiger partial charge in [0, 0.05) is 0 Å². The molecule has 15 heavy (non-hydrogen) atoms. The third-order valence-corrected chi connectivity index (χ3v) is 4.66. The summed E-state index contributed by atoms with van der Waals surface area (Å²) in [4.78, 5) is 11.1. The Hall–Kier alpha value is -0.530. The Labute approximate surface area is 92.1 Å². The van der Waals surface area contributed by atoms with Crippen LogP contribution < -0.4 is 0 Å². The Kier molecular flexibility index (Phi) is 2.56. The largest absolute Gasteiger partial charge is 0.481 e. The van der Waals surface area contributed by atoms with Crippen molar-refractivity contribution < 1.29 is 9.90 Å². The highest BCUT2D eigenvalue weighted by molar-refractivity contribution is 5.75. The van der Waals surface area contributed by atoms with Crippen molar-refractivity contribution in [1.29, 1.82) is 0 Å². The summed E-state index contributed by atoms with van der Waals surface area (Å²) in [6.45, 7) is 6.77. The van der Waals surface area contributed by atoms with Crippen LogP contribution in [0.3, 0.4) is 0 Å². The molecule has 2 unspecified atom stereocenters. The lowest BCUT2D eigenvalue weighted by Gasteiger charge is -2.38. The normalized spacial score (nSPS) is 44.7. The van der Waals surface area contributed by atoms with E-state index >= 15 is 0 Å². The molecule has 2 nitrogen and oxygen atoms in total. The SMILES string of the molecule is CC1CC[C@@H](C(C)C)[C@@]2(C1)CC2C(=O)O. The molecule has 0 radical (unpaired) electrons. The third-order valence-electron chi connectivity index (χ3n) is 4.66. The summed E-state index contributed by atoms with van der Waals surface area (Å²) in [6, 6.07) is 0. The fraction of sp³-hybridized carbons (Fsp3) is 0.923. The molecule has 4 atom stereocenters. The van der Waals surface area contributed by atoms with Gasteiger partial charge >= 0.3 is 5.97 Å². The molecule has 0 heterocycles. The minimum Gasteiger partial charge on any atom is -0.481 e. The van der Waals surface area contributed by atoms with Crippen molar-refractivity contribution in [2.75, 3.05) is 0 Å². The van der Waals surface area contributed by atoms with Gasteiger partial charge in [-0.1, -0.05) is 27.2 Å². The van der Waals surface area contributed by atoms with Crippen molar-refractivity contribution in [1.82, 2.24) is 0 Å². The molecule has 2 rings (SSSR count). The highest BCUT2D eigenvalue weighted by Crippen LogP contribution is 2.66. The monoisotopic (exact) mass is 210 g/mol. The highest BCUT2D eigenvalue weighted by atomic mass is 16.4. The molecule has 0 aromatic carbocycles. The second-order valence-electron chi connectivity index (χ2n) is 6.07. The average molecular weight is 210 g/mol. The van der Waals surface area contributed by atoms with Crippen LogP contribution in [0.15, 0.2) is 0 Å². The summed E-state index contributed by atoms with van der Waals surface area (Å²) in [5.41, 5.74) is 0.178. The van der Waals surface area contributed by atoms with E-state index in [1.165, 1.54) is 12.8 Å². The number of carbonyl (C=O) groups is 1. The van der Waals surface area contributed by atoms with E-state index < -0.39 is 5.97 Å². The molecule has 0 aromatic heterocycles.